The van der Waals surface area contributed by atoms with E-state index in [0.717, 1.165) is 30.0 Å². The number of thioether (sulfide) groups is 1. The fraction of sp³-hybridized carbons (Fsp3) is 0.414. The first-order chi connectivity index (χ1) is 19.9. The molecule has 0 unspecified atom stereocenters. The van der Waals surface area contributed by atoms with Crippen LogP contribution in [0, 0.1) is 5.82 Å². The summed E-state index contributed by atoms with van der Waals surface area (Å²) in [5.74, 6) is -0.642. The van der Waals surface area contributed by atoms with E-state index >= 15 is 0 Å². The molecular weight excluding hydrogens is 579 g/mol. The fourth-order valence-electron chi connectivity index (χ4n) is 5.85. The van der Waals surface area contributed by atoms with Gasteiger partial charge in [-0.05, 0) is 43.7 Å². The Kier molecular flexibility index (Phi) is 8.35. The number of alkyl halides is 4. The maximum absolute atomic E-state index is 14.8. The van der Waals surface area contributed by atoms with Crippen molar-refractivity contribution in [1.82, 2.24) is 14.5 Å². The maximum atomic E-state index is 14.8. The number of rotatable bonds is 6. The molecule has 0 spiro atoms. The number of hydrogen-bond donors (Lipinski definition) is 0. The summed E-state index contributed by atoms with van der Waals surface area (Å²) in [6.45, 7) is 6.59. The summed E-state index contributed by atoms with van der Waals surface area (Å²) in [7, 11) is 0. The van der Waals surface area contributed by atoms with Gasteiger partial charge >= 0.3 is 11.9 Å². The second kappa shape index (κ2) is 11.7. The summed E-state index contributed by atoms with van der Waals surface area (Å²) in [4.78, 5) is 33.9. The number of carbonyl (C=O) groups is 1. The zero-order valence-corrected chi connectivity index (χ0v) is 23.8. The Morgan fingerprint density at radius 3 is 2.43 bits per heavy atom. The van der Waals surface area contributed by atoms with Crippen LogP contribution in [0.5, 0.6) is 0 Å². The highest BCUT2D eigenvalue weighted by molar-refractivity contribution is 7.99. The SMILES string of the molecule is C=CC(=O)N1[C@H](C)CN(c2nc(=O)n3c4c(c(-c5ccc(F)cc5)c(C(F)(F)F)cc24)SC[C@@H](OCCF)C3)C[C@@H]1C. The number of aromatic nitrogens is 2. The summed E-state index contributed by atoms with van der Waals surface area (Å²) in [6.07, 6.45) is -4.26. The number of piperazine rings is 1. The van der Waals surface area contributed by atoms with Gasteiger partial charge in [0.2, 0.25) is 5.91 Å². The Labute approximate surface area is 242 Å². The summed E-state index contributed by atoms with van der Waals surface area (Å²) in [5.41, 5.74) is -1.45. The largest absolute Gasteiger partial charge is 0.417 e. The molecule has 42 heavy (non-hydrogen) atoms. The van der Waals surface area contributed by atoms with Crippen molar-refractivity contribution in [2.45, 2.75) is 49.7 Å². The molecule has 1 amide bonds. The minimum atomic E-state index is -4.81. The van der Waals surface area contributed by atoms with Crippen molar-refractivity contribution in [2.75, 3.05) is 37.0 Å². The number of halogens is 5. The molecular formula is C29H29F5N4O3S. The molecule has 224 valence electrons. The summed E-state index contributed by atoms with van der Waals surface area (Å²) < 4.78 is 77.9. The molecule has 3 heterocycles. The average molecular weight is 609 g/mol. The lowest BCUT2D eigenvalue weighted by Gasteiger charge is -2.44. The highest BCUT2D eigenvalue weighted by Gasteiger charge is 2.39. The molecule has 3 atom stereocenters. The monoisotopic (exact) mass is 608 g/mol. The topological polar surface area (TPSA) is 67.7 Å². The van der Waals surface area contributed by atoms with Gasteiger partial charge in [-0.3, -0.25) is 9.36 Å². The highest BCUT2D eigenvalue weighted by atomic mass is 32.2. The molecule has 1 fully saturated rings. The molecule has 7 nitrogen and oxygen atoms in total. The van der Waals surface area contributed by atoms with Gasteiger partial charge in [0.15, 0.2) is 0 Å². The number of carbonyl (C=O) groups excluding carboxylic acids is 1. The van der Waals surface area contributed by atoms with Crippen LogP contribution in [0.25, 0.3) is 22.0 Å². The van der Waals surface area contributed by atoms with E-state index in [-0.39, 0.29) is 82.7 Å². The van der Waals surface area contributed by atoms with Gasteiger partial charge in [0.25, 0.3) is 0 Å². The van der Waals surface area contributed by atoms with Gasteiger partial charge in [-0.1, -0.05) is 18.7 Å². The van der Waals surface area contributed by atoms with Crippen molar-refractivity contribution >= 4 is 34.4 Å². The van der Waals surface area contributed by atoms with Gasteiger partial charge in [0.05, 0.1) is 30.3 Å². The van der Waals surface area contributed by atoms with E-state index < -0.39 is 36.0 Å². The zero-order valence-electron chi connectivity index (χ0n) is 23.0. The smallest absolute Gasteiger partial charge is 0.373 e. The number of nitrogens with zero attached hydrogens (tertiary/aromatic N) is 4. The third-order valence-corrected chi connectivity index (χ3v) is 8.74. The van der Waals surface area contributed by atoms with Crippen molar-refractivity contribution in [2.24, 2.45) is 0 Å². The average Bonchev–Trinajstić information content (AvgIpc) is 3.13. The van der Waals surface area contributed by atoms with Gasteiger partial charge < -0.3 is 14.5 Å². The van der Waals surface area contributed by atoms with Crippen molar-refractivity contribution in [3.8, 4) is 11.1 Å². The van der Waals surface area contributed by atoms with Gasteiger partial charge in [0.1, 0.15) is 18.3 Å². The lowest BCUT2D eigenvalue weighted by Crippen LogP contribution is -2.58. The van der Waals surface area contributed by atoms with Crippen molar-refractivity contribution in [3.05, 3.63) is 64.9 Å². The van der Waals surface area contributed by atoms with Crippen molar-refractivity contribution < 1.29 is 31.5 Å². The predicted molar refractivity (Wildman–Crippen MR) is 151 cm³/mol. The van der Waals surface area contributed by atoms with Crippen LogP contribution in [0.4, 0.5) is 27.8 Å². The van der Waals surface area contributed by atoms with E-state index in [0.29, 0.717) is 0 Å². The van der Waals surface area contributed by atoms with Gasteiger partial charge in [0, 0.05) is 46.8 Å². The Morgan fingerprint density at radius 2 is 1.83 bits per heavy atom. The summed E-state index contributed by atoms with van der Waals surface area (Å²) in [6, 6.07) is 5.01. The van der Waals surface area contributed by atoms with Crippen LogP contribution in [0.2, 0.25) is 0 Å². The van der Waals surface area contributed by atoms with E-state index in [1.807, 2.05) is 13.8 Å². The number of hydrogen-bond acceptors (Lipinski definition) is 6. The highest BCUT2D eigenvalue weighted by Crippen LogP contribution is 2.48. The molecule has 13 heteroatoms. The standard InChI is InChI=1S/C29H29F5N4O3S/c1-4-23(39)38-16(2)12-36(13-17(38)3)27-21-11-22(29(32,33)34)24(18-5-7-19(31)8-6-18)26-25(21)37(28(40)35-27)14-20(15-42-26)41-10-9-30/h4-8,11,16-17,20H,1,9-10,12-15H2,2-3H3/t16-,17+,20-/m0/s1. The molecule has 0 saturated carbocycles. The van der Waals surface area contributed by atoms with Crippen LogP contribution in [0.15, 0.2) is 52.7 Å². The summed E-state index contributed by atoms with van der Waals surface area (Å²) in [5, 5.41) is 0.115. The third-order valence-electron chi connectivity index (χ3n) is 7.51. The Hall–Kier alpha value is -3.45. The minimum Gasteiger partial charge on any atom is -0.373 e. The van der Waals surface area contributed by atoms with Crippen molar-refractivity contribution in [1.29, 1.82) is 0 Å². The van der Waals surface area contributed by atoms with Gasteiger partial charge in [-0.25, -0.2) is 13.6 Å². The van der Waals surface area contributed by atoms with Crippen LogP contribution >= 0.6 is 11.8 Å². The molecule has 1 aromatic heterocycles. The first-order valence-corrected chi connectivity index (χ1v) is 14.4. The van der Waals surface area contributed by atoms with Crippen LogP contribution < -0.4 is 10.6 Å². The molecule has 1 saturated heterocycles. The molecule has 0 radical (unpaired) electrons. The molecule has 3 aromatic rings. The number of benzene rings is 2. The third kappa shape index (κ3) is 5.51. The Morgan fingerprint density at radius 1 is 1.17 bits per heavy atom. The first kappa shape index (κ1) is 30.0. The second-order valence-corrected chi connectivity index (χ2v) is 11.4. The van der Waals surface area contributed by atoms with E-state index in [1.54, 1.807) is 9.80 Å². The molecule has 0 N–H and O–H groups in total. The maximum Gasteiger partial charge on any atom is 0.417 e. The molecule has 5 rings (SSSR count). The molecule has 2 aliphatic rings. The second-order valence-electron chi connectivity index (χ2n) is 10.4. The lowest BCUT2D eigenvalue weighted by atomic mass is 9.96. The van der Waals surface area contributed by atoms with Crippen LogP contribution in [-0.4, -0.2) is 70.7 Å². The van der Waals surface area contributed by atoms with Gasteiger partial charge in [-0.2, -0.15) is 18.2 Å². The molecule has 0 aliphatic carbocycles. The van der Waals surface area contributed by atoms with Gasteiger partial charge in [-0.15, -0.1) is 11.8 Å². The van der Waals surface area contributed by atoms with E-state index in [9.17, 15) is 31.5 Å². The number of anilines is 1. The minimum absolute atomic E-state index is 0.0365. The quantitative estimate of drug-likeness (QED) is 0.280. The van der Waals surface area contributed by atoms with Crippen LogP contribution in [0.3, 0.4) is 0 Å². The van der Waals surface area contributed by atoms with E-state index in [1.165, 1.54) is 22.8 Å². The van der Waals surface area contributed by atoms with E-state index in [2.05, 4.69) is 11.6 Å². The lowest BCUT2D eigenvalue weighted by molar-refractivity contribution is -0.137. The van der Waals surface area contributed by atoms with E-state index in [4.69, 9.17) is 4.74 Å². The van der Waals surface area contributed by atoms with Crippen molar-refractivity contribution in [3.63, 3.8) is 0 Å². The molecule has 2 aliphatic heterocycles. The number of ether oxygens (including phenoxy) is 1. The fourth-order valence-corrected chi connectivity index (χ4v) is 7.13. The number of amides is 1. The normalized spacial score (nSPS) is 21.0. The van der Waals surface area contributed by atoms with Crippen LogP contribution in [-0.2, 0) is 22.3 Å². The Balaban J connectivity index is 1.79. The first-order valence-electron chi connectivity index (χ1n) is 13.4. The molecule has 2 aromatic carbocycles. The predicted octanol–water partition coefficient (Wildman–Crippen LogP) is 5.29. The zero-order chi connectivity index (χ0) is 30.3. The molecule has 0 bridgehead atoms. The van der Waals surface area contributed by atoms with Crippen LogP contribution in [0.1, 0.15) is 19.4 Å². The Bertz CT molecular complexity index is 1560. The summed E-state index contributed by atoms with van der Waals surface area (Å²) >= 11 is 1.08.